The number of rotatable bonds is 5. The number of ether oxygens (including phenoxy) is 1. The lowest BCUT2D eigenvalue weighted by atomic mass is 10.3. The minimum absolute atomic E-state index is 0.0542. The molecular formula is C9H17NO2. The summed E-state index contributed by atoms with van der Waals surface area (Å²) in [6, 6.07) is 0.578. The van der Waals surface area contributed by atoms with Crippen LogP contribution < -0.4 is 5.32 Å². The van der Waals surface area contributed by atoms with Crippen LogP contribution in [0.4, 0.5) is 0 Å². The van der Waals surface area contributed by atoms with E-state index in [0.29, 0.717) is 12.6 Å². The zero-order chi connectivity index (χ0) is 8.97. The predicted molar refractivity (Wildman–Crippen MR) is 46.9 cm³/mol. The molecule has 0 aliphatic heterocycles. The van der Waals surface area contributed by atoms with Crippen molar-refractivity contribution in [1.29, 1.82) is 0 Å². The molecule has 70 valence electrons. The summed E-state index contributed by atoms with van der Waals surface area (Å²) >= 11 is 0. The summed E-state index contributed by atoms with van der Waals surface area (Å²) < 4.78 is 5.08. The Morgan fingerprint density at radius 2 is 2.33 bits per heavy atom. The smallest absolute Gasteiger partial charge is 0.320 e. The fourth-order valence-electron chi connectivity index (χ4n) is 0.865. The Morgan fingerprint density at radius 1 is 1.67 bits per heavy atom. The van der Waals surface area contributed by atoms with Crippen LogP contribution in [-0.2, 0) is 9.53 Å². The molecule has 1 aliphatic carbocycles. The third kappa shape index (κ3) is 3.72. The molecule has 1 saturated carbocycles. The normalized spacial score (nSPS) is 18.8. The van der Waals surface area contributed by atoms with Gasteiger partial charge in [-0.1, -0.05) is 6.92 Å². The lowest BCUT2D eigenvalue weighted by Crippen LogP contribution is -2.28. The molecule has 1 rings (SSSR count). The van der Waals surface area contributed by atoms with Crippen molar-refractivity contribution in [1.82, 2.24) is 5.32 Å². The Morgan fingerprint density at radius 3 is 2.83 bits per heavy atom. The Hall–Kier alpha value is -0.570. The second-order valence-electron chi connectivity index (χ2n) is 3.36. The molecule has 0 aromatic heterocycles. The molecule has 0 radical (unpaired) electrons. The van der Waals surface area contributed by atoms with Crippen molar-refractivity contribution >= 4 is 5.97 Å². The van der Waals surface area contributed by atoms with Crippen LogP contribution in [0.15, 0.2) is 0 Å². The summed E-state index contributed by atoms with van der Waals surface area (Å²) in [7, 11) is 0. The van der Waals surface area contributed by atoms with Gasteiger partial charge < -0.3 is 10.1 Å². The average molecular weight is 171 g/mol. The first-order chi connectivity index (χ1) is 5.72. The van der Waals surface area contributed by atoms with Gasteiger partial charge in [-0.15, -0.1) is 0 Å². The van der Waals surface area contributed by atoms with Crippen LogP contribution in [-0.4, -0.2) is 24.7 Å². The van der Waals surface area contributed by atoms with Crippen LogP contribution in [0, 0.1) is 0 Å². The van der Waals surface area contributed by atoms with E-state index in [1.165, 1.54) is 12.8 Å². The predicted octanol–water partition coefficient (Wildman–Crippen LogP) is 1.08. The van der Waals surface area contributed by atoms with Crippen molar-refractivity contribution in [3.05, 3.63) is 0 Å². The molecule has 1 fully saturated rings. The fourth-order valence-corrected chi connectivity index (χ4v) is 0.865. The number of nitrogens with one attached hydrogen (secondary N) is 1. The molecule has 1 aliphatic rings. The number of hydrogen-bond acceptors (Lipinski definition) is 3. The van der Waals surface area contributed by atoms with Crippen LogP contribution in [0.3, 0.4) is 0 Å². The summed E-state index contributed by atoms with van der Waals surface area (Å²) in [5.74, 6) is -0.128. The quantitative estimate of drug-likeness (QED) is 0.629. The first-order valence-corrected chi connectivity index (χ1v) is 4.65. The molecule has 0 aromatic rings. The number of esters is 1. The maximum Gasteiger partial charge on any atom is 0.320 e. The first-order valence-electron chi connectivity index (χ1n) is 4.65. The van der Waals surface area contributed by atoms with E-state index in [4.69, 9.17) is 4.74 Å². The highest BCUT2D eigenvalue weighted by Gasteiger charge is 2.21. The molecule has 3 heteroatoms. The number of carbonyl (C=O) groups excluding carboxylic acids is 1. The zero-order valence-electron chi connectivity index (χ0n) is 7.80. The molecule has 12 heavy (non-hydrogen) atoms. The van der Waals surface area contributed by atoms with Crippen LogP contribution >= 0.6 is 0 Å². The molecule has 1 N–H and O–H groups in total. The number of hydrogen-bond donors (Lipinski definition) is 1. The van der Waals surface area contributed by atoms with Crippen molar-refractivity contribution in [3.8, 4) is 0 Å². The van der Waals surface area contributed by atoms with E-state index in [2.05, 4.69) is 5.32 Å². The monoisotopic (exact) mass is 171 g/mol. The third-order valence-corrected chi connectivity index (χ3v) is 2.02. The zero-order valence-corrected chi connectivity index (χ0v) is 7.80. The maximum atomic E-state index is 11.1. The van der Waals surface area contributed by atoms with Crippen molar-refractivity contribution < 1.29 is 9.53 Å². The van der Waals surface area contributed by atoms with Gasteiger partial charge in [0.25, 0.3) is 0 Å². The second kappa shape index (κ2) is 4.45. The Balaban J connectivity index is 2.01. The first kappa shape index (κ1) is 9.52. The highest BCUT2D eigenvalue weighted by molar-refractivity contribution is 5.71. The van der Waals surface area contributed by atoms with Crippen LogP contribution in [0.25, 0.3) is 0 Å². The van der Waals surface area contributed by atoms with Gasteiger partial charge in [-0.25, -0.2) is 0 Å². The van der Waals surface area contributed by atoms with Crippen molar-refractivity contribution in [2.75, 3.05) is 6.54 Å². The molecule has 1 atom stereocenters. The van der Waals surface area contributed by atoms with E-state index in [0.717, 1.165) is 6.42 Å². The maximum absolute atomic E-state index is 11.1. The molecule has 0 heterocycles. The van der Waals surface area contributed by atoms with Gasteiger partial charge in [-0.2, -0.15) is 0 Å². The highest BCUT2D eigenvalue weighted by Crippen LogP contribution is 2.18. The lowest BCUT2D eigenvalue weighted by molar-refractivity contribution is -0.147. The van der Waals surface area contributed by atoms with Crippen LogP contribution in [0.5, 0.6) is 0 Å². The molecule has 0 aromatic carbocycles. The lowest BCUT2D eigenvalue weighted by Gasteiger charge is -2.10. The van der Waals surface area contributed by atoms with Crippen molar-refractivity contribution in [2.24, 2.45) is 0 Å². The fraction of sp³-hybridized carbons (Fsp3) is 0.889. The molecule has 0 spiro atoms. The largest absolute Gasteiger partial charge is 0.462 e. The Bertz CT molecular complexity index is 155. The molecule has 0 bridgehead atoms. The van der Waals surface area contributed by atoms with Crippen LogP contribution in [0.2, 0.25) is 0 Å². The van der Waals surface area contributed by atoms with Gasteiger partial charge in [-0.05, 0) is 26.2 Å². The van der Waals surface area contributed by atoms with Crippen molar-refractivity contribution in [3.63, 3.8) is 0 Å². The van der Waals surface area contributed by atoms with Gasteiger partial charge in [0, 0.05) is 6.04 Å². The van der Waals surface area contributed by atoms with Crippen LogP contribution in [0.1, 0.15) is 33.1 Å². The number of carbonyl (C=O) groups is 1. The van der Waals surface area contributed by atoms with Gasteiger partial charge in [-0.3, -0.25) is 4.79 Å². The van der Waals surface area contributed by atoms with Gasteiger partial charge in [0.05, 0.1) is 12.6 Å². The van der Waals surface area contributed by atoms with E-state index >= 15 is 0 Å². The molecule has 0 saturated heterocycles. The highest BCUT2D eigenvalue weighted by atomic mass is 16.5. The summed E-state index contributed by atoms with van der Waals surface area (Å²) in [4.78, 5) is 11.1. The third-order valence-electron chi connectivity index (χ3n) is 2.02. The Kier molecular flexibility index (Phi) is 3.53. The van der Waals surface area contributed by atoms with E-state index in [9.17, 15) is 4.79 Å². The molecule has 0 amide bonds. The topological polar surface area (TPSA) is 38.3 Å². The summed E-state index contributed by atoms with van der Waals surface area (Å²) in [6.45, 7) is 4.29. The van der Waals surface area contributed by atoms with E-state index in [1.807, 2.05) is 13.8 Å². The Labute approximate surface area is 73.5 Å². The molecular weight excluding hydrogens is 154 g/mol. The van der Waals surface area contributed by atoms with Gasteiger partial charge in [0.15, 0.2) is 0 Å². The summed E-state index contributed by atoms with van der Waals surface area (Å²) in [5.41, 5.74) is 0. The standard InChI is InChI=1S/C9H17NO2/c1-3-7(2)12-9(11)6-10-8-4-5-8/h7-8,10H,3-6H2,1-2H3. The second-order valence-corrected chi connectivity index (χ2v) is 3.36. The van der Waals surface area contributed by atoms with E-state index in [-0.39, 0.29) is 12.1 Å². The van der Waals surface area contributed by atoms with Gasteiger partial charge >= 0.3 is 5.97 Å². The SMILES string of the molecule is CCC(C)OC(=O)CNC1CC1. The summed E-state index contributed by atoms with van der Waals surface area (Å²) in [6.07, 6.45) is 3.35. The van der Waals surface area contributed by atoms with Gasteiger partial charge in [0.2, 0.25) is 0 Å². The minimum Gasteiger partial charge on any atom is -0.462 e. The van der Waals surface area contributed by atoms with E-state index in [1.54, 1.807) is 0 Å². The van der Waals surface area contributed by atoms with Crippen molar-refractivity contribution in [2.45, 2.75) is 45.3 Å². The molecule has 3 nitrogen and oxygen atoms in total. The summed E-state index contributed by atoms with van der Waals surface area (Å²) in [5, 5.41) is 3.11. The van der Waals surface area contributed by atoms with E-state index < -0.39 is 0 Å². The van der Waals surface area contributed by atoms with Gasteiger partial charge in [0.1, 0.15) is 0 Å². The average Bonchev–Trinajstić information content (AvgIpc) is 2.83. The molecule has 1 unspecified atom stereocenters. The minimum atomic E-state index is -0.128.